The van der Waals surface area contributed by atoms with Crippen molar-refractivity contribution in [3.05, 3.63) is 70.9 Å². The summed E-state index contributed by atoms with van der Waals surface area (Å²) in [4.78, 5) is 17.0. The van der Waals surface area contributed by atoms with Crippen molar-refractivity contribution in [2.45, 2.75) is 6.42 Å². The van der Waals surface area contributed by atoms with Crippen molar-refractivity contribution in [3.63, 3.8) is 0 Å². The van der Waals surface area contributed by atoms with Crippen LogP contribution in [0.3, 0.4) is 0 Å². The van der Waals surface area contributed by atoms with Gasteiger partial charge in [-0.2, -0.15) is 0 Å². The van der Waals surface area contributed by atoms with Crippen molar-refractivity contribution in [1.29, 1.82) is 0 Å². The molecule has 4 nitrogen and oxygen atoms in total. The Morgan fingerprint density at radius 3 is 2.81 bits per heavy atom. The lowest BCUT2D eigenvalue weighted by molar-refractivity contribution is 0.102. The zero-order chi connectivity index (χ0) is 14.7. The first-order valence-electron chi connectivity index (χ1n) is 6.23. The summed E-state index contributed by atoms with van der Waals surface area (Å²) >= 11 is 1.39. The molecule has 106 valence electrons. The molecule has 0 atom stereocenters. The smallest absolute Gasteiger partial charge is 0.260 e. The highest BCUT2D eigenvalue weighted by Crippen LogP contribution is 2.22. The van der Waals surface area contributed by atoms with E-state index in [0.717, 1.165) is 10.4 Å². The number of nitrogens with zero attached hydrogens (tertiary/aromatic N) is 1. The van der Waals surface area contributed by atoms with Crippen LogP contribution in [0.2, 0.25) is 0 Å². The average Bonchev–Trinajstić information content (AvgIpc) is 3.13. The van der Waals surface area contributed by atoms with Crippen LogP contribution in [0.1, 0.15) is 20.8 Å². The Labute approximate surface area is 124 Å². The second kappa shape index (κ2) is 5.88. The Balaban J connectivity index is 1.66. The van der Waals surface area contributed by atoms with Crippen molar-refractivity contribution < 1.29 is 13.6 Å². The van der Waals surface area contributed by atoms with Gasteiger partial charge < -0.3 is 4.42 Å². The minimum absolute atomic E-state index is 0.254. The minimum atomic E-state index is -0.258. The van der Waals surface area contributed by atoms with E-state index in [1.165, 1.54) is 36.0 Å². The maximum Gasteiger partial charge on any atom is 0.260 e. The van der Waals surface area contributed by atoms with Gasteiger partial charge in [0.15, 0.2) is 5.13 Å². The third-order valence-electron chi connectivity index (χ3n) is 2.85. The molecule has 3 aromatic rings. The van der Waals surface area contributed by atoms with Crippen LogP contribution in [0.25, 0.3) is 0 Å². The fourth-order valence-corrected chi connectivity index (χ4v) is 2.66. The van der Waals surface area contributed by atoms with E-state index in [-0.39, 0.29) is 11.7 Å². The number of rotatable bonds is 4. The van der Waals surface area contributed by atoms with Crippen LogP contribution < -0.4 is 5.32 Å². The highest BCUT2D eigenvalue weighted by molar-refractivity contribution is 7.15. The molecule has 0 saturated carbocycles. The van der Waals surface area contributed by atoms with Crippen LogP contribution in [0.5, 0.6) is 0 Å². The largest absolute Gasteiger partial charge is 0.472 e. The third kappa shape index (κ3) is 3.35. The number of benzene rings is 1. The highest BCUT2D eigenvalue weighted by Gasteiger charge is 2.10. The number of aromatic nitrogens is 1. The van der Waals surface area contributed by atoms with Crippen LogP contribution >= 0.6 is 11.3 Å². The summed E-state index contributed by atoms with van der Waals surface area (Å²) in [5.74, 6) is -0.512. The van der Waals surface area contributed by atoms with Gasteiger partial charge in [-0.1, -0.05) is 12.1 Å². The Kier molecular flexibility index (Phi) is 3.79. The first kappa shape index (κ1) is 13.5. The molecule has 1 aromatic carbocycles. The van der Waals surface area contributed by atoms with Crippen molar-refractivity contribution >= 4 is 22.4 Å². The molecule has 2 heterocycles. The second-order valence-electron chi connectivity index (χ2n) is 4.40. The monoisotopic (exact) mass is 302 g/mol. The molecule has 0 aliphatic heterocycles. The van der Waals surface area contributed by atoms with Crippen molar-refractivity contribution in [2.75, 3.05) is 5.32 Å². The highest BCUT2D eigenvalue weighted by atomic mass is 32.1. The van der Waals surface area contributed by atoms with Crippen molar-refractivity contribution in [3.8, 4) is 0 Å². The van der Waals surface area contributed by atoms with Gasteiger partial charge in [-0.3, -0.25) is 10.1 Å². The summed E-state index contributed by atoms with van der Waals surface area (Å²) < 4.78 is 17.7. The number of amides is 1. The van der Waals surface area contributed by atoms with Gasteiger partial charge >= 0.3 is 0 Å². The van der Waals surface area contributed by atoms with Gasteiger partial charge in [0.1, 0.15) is 12.1 Å². The molecule has 0 aliphatic rings. The first-order valence-corrected chi connectivity index (χ1v) is 7.05. The molecular formula is C15H11FN2O2S. The van der Waals surface area contributed by atoms with E-state index in [1.54, 1.807) is 24.4 Å². The maximum absolute atomic E-state index is 12.8. The summed E-state index contributed by atoms with van der Waals surface area (Å²) in [5.41, 5.74) is 1.44. The lowest BCUT2D eigenvalue weighted by atomic mass is 10.1. The normalized spacial score (nSPS) is 10.5. The quantitative estimate of drug-likeness (QED) is 0.799. The first-order chi connectivity index (χ1) is 10.2. The van der Waals surface area contributed by atoms with Crippen molar-refractivity contribution in [2.24, 2.45) is 0 Å². The van der Waals surface area contributed by atoms with E-state index in [0.29, 0.717) is 17.1 Å². The minimum Gasteiger partial charge on any atom is -0.472 e. The zero-order valence-electron chi connectivity index (χ0n) is 10.9. The standard InChI is InChI=1S/C15H11FN2O2S/c16-12-3-1-10(2-4-12)7-13-8-17-15(21-13)18-14(19)11-5-6-20-9-11/h1-6,8-9H,7H2,(H,17,18,19). The van der Waals surface area contributed by atoms with Gasteiger partial charge in [0.2, 0.25) is 0 Å². The third-order valence-corrected chi connectivity index (χ3v) is 3.76. The maximum atomic E-state index is 12.8. The van der Waals surface area contributed by atoms with Crippen LogP contribution in [-0.4, -0.2) is 10.9 Å². The number of nitrogens with one attached hydrogen (secondary N) is 1. The zero-order valence-corrected chi connectivity index (χ0v) is 11.7. The molecule has 0 aliphatic carbocycles. The van der Waals surface area contributed by atoms with Crippen LogP contribution in [-0.2, 0) is 6.42 Å². The predicted octanol–water partition coefficient (Wildman–Crippen LogP) is 3.72. The van der Waals surface area contributed by atoms with E-state index in [2.05, 4.69) is 10.3 Å². The van der Waals surface area contributed by atoms with Gasteiger partial charge in [0.25, 0.3) is 5.91 Å². The molecule has 0 saturated heterocycles. The summed E-state index contributed by atoms with van der Waals surface area (Å²) in [6.45, 7) is 0. The molecule has 0 fully saturated rings. The van der Waals surface area contributed by atoms with Gasteiger partial charge in [-0.15, -0.1) is 11.3 Å². The van der Waals surface area contributed by atoms with E-state index >= 15 is 0 Å². The molecule has 1 amide bonds. The fourth-order valence-electron chi connectivity index (χ4n) is 1.81. The number of carbonyl (C=O) groups excluding carboxylic acids is 1. The number of thiazole rings is 1. The molecule has 21 heavy (non-hydrogen) atoms. The predicted molar refractivity (Wildman–Crippen MR) is 78.0 cm³/mol. The van der Waals surface area contributed by atoms with Crippen LogP contribution in [0.15, 0.2) is 53.5 Å². The number of carbonyl (C=O) groups is 1. The molecule has 2 aromatic heterocycles. The molecule has 1 N–H and O–H groups in total. The summed E-state index contributed by atoms with van der Waals surface area (Å²) in [6, 6.07) is 7.91. The Hall–Kier alpha value is -2.47. The number of hydrogen-bond donors (Lipinski definition) is 1. The van der Waals surface area contributed by atoms with Gasteiger partial charge in [0, 0.05) is 17.5 Å². The van der Waals surface area contributed by atoms with Gasteiger partial charge in [-0.25, -0.2) is 9.37 Å². The Morgan fingerprint density at radius 2 is 2.10 bits per heavy atom. The lowest BCUT2D eigenvalue weighted by Gasteiger charge is -1.98. The summed E-state index contributed by atoms with van der Waals surface area (Å²) in [7, 11) is 0. The lowest BCUT2D eigenvalue weighted by Crippen LogP contribution is -2.10. The average molecular weight is 302 g/mol. The van der Waals surface area contributed by atoms with Gasteiger partial charge in [0.05, 0.1) is 11.8 Å². The van der Waals surface area contributed by atoms with E-state index in [4.69, 9.17) is 4.42 Å². The van der Waals surface area contributed by atoms with Crippen LogP contribution in [0.4, 0.5) is 9.52 Å². The fraction of sp³-hybridized carbons (Fsp3) is 0.0667. The van der Waals surface area contributed by atoms with E-state index < -0.39 is 0 Å². The summed E-state index contributed by atoms with van der Waals surface area (Å²) in [6.07, 6.45) is 5.18. The molecule has 0 spiro atoms. The Bertz CT molecular complexity index is 735. The molecule has 0 bridgehead atoms. The number of furan rings is 1. The topological polar surface area (TPSA) is 55.1 Å². The van der Waals surface area contributed by atoms with Gasteiger partial charge in [-0.05, 0) is 23.8 Å². The second-order valence-corrected chi connectivity index (χ2v) is 5.52. The summed E-state index contributed by atoms with van der Waals surface area (Å²) in [5, 5.41) is 3.23. The molecule has 6 heteroatoms. The number of hydrogen-bond acceptors (Lipinski definition) is 4. The van der Waals surface area contributed by atoms with Crippen LogP contribution in [0, 0.1) is 5.82 Å². The van der Waals surface area contributed by atoms with E-state index in [9.17, 15) is 9.18 Å². The number of halogens is 1. The molecule has 0 radical (unpaired) electrons. The van der Waals surface area contributed by atoms with E-state index in [1.807, 2.05) is 0 Å². The molecule has 0 unspecified atom stereocenters. The molecular weight excluding hydrogens is 291 g/mol. The Morgan fingerprint density at radius 1 is 1.29 bits per heavy atom. The van der Waals surface area contributed by atoms with Crippen molar-refractivity contribution in [1.82, 2.24) is 4.98 Å². The SMILES string of the molecule is O=C(Nc1ncc(Cc2ccc(F)cc2)s1)c1ccoc1. The molecule has 3 rings (SSSR count). The number of anilines is 1.